The fraction of sp³-hybridized carbons (Fsp3) is 0.545. The lowest BCUT2D eigenvalue weighted by Crippen LogP contribution is -2.41. The number of carbonyl (C=O) groups excluding carboxylic acids is 1. The minimum Gasteiger partial charge on any atom is -0.375 e. The van der Waals surface area contributed by atoms with Crippen molar-refractivity contribution in [2.24, 2.45) is 0 Å². The predicted molar refractivity (Wildman–Crippen MR) is 61.1 cm³/mol. The molecule has 1 saturated heterocycles. The van der Waals surface area contributed by atoms with Gasteiger partial charge in [0.1, 0.15) is 6.33 Å². The van der Waals surface area contributed by atoms with Gasteiger partial charge in [0, 0.05) is 19.3 Å². The predicted octanol–water partition coefficient (Wildman–Crippen LogP) is -0.529. The monoisotopic (exact) mass is 236 g/mol. The third-order valence-electron chi connectivity index (χ3n) is 2.53. The lowest BCUT2D eigenvalue weighted by atomic mass is 10.2. The molecule has 6 heteroatoms. The molecule has 0 aliphatic carbocycles. The van der Waals surface area contributed by atoms with Crippen molar-refractivity contribution >= 4 is 5.91 Å². The van der Waals surface area contributed by atoms with Crippen LogP contribution < -0.4 is 10.6 Å². The molecule has 0 bridgehead atoms. The van der Waals surface area contributed by atoms with Crippen LogP contribution in [0.25, 0.3) is 0 Å². The number of carbonyl (C=O) groups is 1. The van der Waals surface area contributed by atoms with Crippen LogP contribution in [0.4, 0.5) is 0 Å². The van der Waals surface area contributed by atoms with Gasteiger partial charge in [0.05, 0.1) is 31.4 Å². The number of morpholine rings is 1. The third kappa shape index (κ3) is 4.08. The Labute approximate surface area is 99.8 Å². The van der Waals surface area contributed by atoms with Gasteiger partial charge in [-0.15, -0.1) is 0 Å². The molecular weight excluding hydrogens is 220 g/mol. The van der Waals surface area contributed by atoms with Crippen LogP contribution in [0, 0.1) is 0 Å². The first-order valence-electron chi connectivity index (χ1n) is 5.68. The first kappa shape index (κ1) is 11.9. The lowest BCUT2D eigenvalue weighted by Gasteiger charge is -2.22. The molecule has 2 N–H and O–H groups in total. The van der Waals surface area contributed by atoms with E-state index in [4.69, 9.17) is 4.74 Å². The molecule has 17 heavy (non-hydrogen) atoms. The Morgan fingerprint density at radius 1 is 1.65 bits per heavy atom. The largest absolute Gasteiger partial charge is 0.375 e. The molecule has 1 aliphatic rings. The zero-order valence-corrected chi connectivity index (χ0v) is 9.56. The average molecular weight is 236 g/mol. The van der Waals surface area contributed by atoms with Gasteiger partial charge in [-0.1, -0.05) is 0 Å². The molecular formula is C11H16N4O2. The molecule has 1 aromatic heterocycles. The Bertz CT molecular complexity index is 352. The van der Waals surface area contributed by atoms with Crippen molar-refractivity contribution in [3.63, 3.8) is 0 Å². The standard InChI is InChI=1S/C11H16N4O2/c16-11(5-10-7-12-3-4-17-10)14-6-9-1-2-13-8-15-9/h1-2,8,10,12H,3-7H2,(H,14,16). The van der Waals surface area contributed by atoms with Crippen LogP contribution in [0.5, 0.6) is 0 Å². The average Bonchev–Trinajstić information content (AvgIpc) is 2.39. The molecule has 0 saturated carbocycles. The zero-order valence-electron chi connectivity index (χ0n) is 9.56. The second kappa shape index (κ2) is 6.27. The number of hydrogen-bond donors (Lipinski definition) is 2. The maximum Gasteiger partial charge on any atom is 0.222 e. The van der Waals surface area contributed by atoms with E-state index in [9.17, 15) is 4.79 Å². The smallest absolute Gasteiger partial charge is 0.222 e. The summed E-state index contributed by atoms with van der Waals surface area (Å²) in [7, 11) is 0. The molecule has 1 aromatic rings. The maximum atomic E-state index is 11.6. The number of hydrogen-bond acceptors (Lipinski definition) is 5. The summed E-state index contributed by atoms with van der Waals surface area (Å²) in [5, 5.41) is 6.00. The first-order chi connectivity index (χ1) is 8.34. The molecule has 0 spiro atoms. The summed E-state index contributed by atoms with van der Waals surface area (Å²) in [4.78, 5) is 19.5. The molecule has 1 aliphatic heterocycles. The summed E-state index contributed by atoms with van der Waals surface area (Å²) in [6, 6.07) is 1.78. The van der Waals surface area contributed by atoms with Crippen molar-refractivity contribution in [3.05, 3.63) is 24.3 Å². The lowest BCUT2D eigenvalue weighted by molar-refractivity contribution is -0.124. The van der Waals surface area contributed by atoms with Crippen molar-refractivity contribution in [3.8, 4) is 0 Å². The van der Waals surface area contributed by atoms with Crippen LogP contribution in [-0.4, -0.2) is 41.7 Å². The molecule has 0 radical (unpaired) electrons. The van der Waals surface area contributed by atoms with E-state index in [1.54, 1.807) is 12.3 Å². The zero-order chi connectivity index (χ0) is 11.9. The van der Waals surface area contributed by atoms with E-state index in [1.807, 2.05) is 0 Å². The number of aromatic nitrogens is 2. The molecule has 2 rings (SSSR count). The summed E-state index contributed by atoms with van der Waals surface area (Å²) in [5.74, 6) is -0.0164. The highest BCUT2D eigenvalue weighted by atomic mass is 16.5. The third-order valence-corrected chi connectivity index (χ3v) is 2.53. The fourth-order valence-electron chi connectivity index (χ4n) is 1.64. The summed E-state index contributed by atoms with van der Waals surface area (Å²) < 4.78 is 5.45. The van der Waals surface area contributed by atoms with E-state index in [1.165, 1.54) is 6.33 Å². The van der Waals surface area contributed by atoms with Crippen LogP contribution >= 0.6 is 0 Å². The van der Waals surface area contributed by atoms with E-state index < -0.39 is 0 Å². The number of nitrogens with zero attached hydrogens (tertiary/aromatic N) is 2. The van der Waals surface area contributed by atoms with Gasteiger partial charge in [0.25, 0.3) is 0 Å². The quantitative estimate of drug-likeness (QED) is 0.735. The Kier molecular flexibility index (Phi) is 4.40. The molecule has 2 heterocycles. The number of amides is 1. The second-order valence-electron chi connectivity index (χ2n) is 3.88. The number of rotatable bonds is 4. The Morgan fingerprint density at radius 2 is 2.59 bits per heavy atom. The van der Waals surface area contributed by atoms with Crippen molar-refractivity contribution in [2.75, 3.05) is 19.7 Å². The highest BCUT2D eigenvalue weighted by molar-refractivity contribution is 5.76. The second-order valence-corrected chi connectivity index (χ2v) is 3.88. The molecule has 1 fully saturated rings. The first-order valence-corrected chi connectivity index (χ1v) is 5.68. The molecule has 1 atom stereocenters. The Hall–Kier alpha value is -1.53. The normalized spacial score (nSPS) is 19.9. The summed E-state index contributed by atoms with van der Waals surface area (Å²) >= 11 is 0. The minimum absolute atomic E-state index is 0.0164. The van der Waals surface area contributed by atoms with Crippen LogP contribution in [0.15, 0.2) is 18.6 Å². The fourth-order valence-corrected chi connectivity index (χ4v) is 1.64. The molecule has 92 valence electrons. The molecule has 1 unspecified atom stereocenters. The van der Waals surface area contributed by atoms with E-state index in [0.29, 0.717) is 19.6 Å². The summed E-state index contributed by atoms with van der Waals surface area (Å²) in [5.41, 5.74) is 0.802. The SMILES string of the molecule is O=C(CC1CNCCO1)NCc1ccncn1. The van der Waals surface area contributed by atoms with Crippen molar-refractivity contribution in [1.82, 2.24) is 20.6 Å². The van der Waals surface area contributed by atoms with E-state index in [-0.39, 0.29) is 12.0 Å². The molecule has 1 amide bonds. The Balaban J connectivity index is 1.70. The number of nitrogens with one attached hydrogen (secondary N) is 2. The maximum absolute atomic E-state index is 11.6. The van der Waals surface area contributed by atoms with Gasteiger partial charge in [-0.2, -0.15) is 0 Å². The van der Waals surface area contributed by atoms with Gasteiger partial charge in [-0.05, 0) is 6.07 Å². The van der Waals surface area contributed by atoms with Crippen LogP contribution in [0.2, 0.25) is 0 Å². The number of ether oxygens (including phenoxy) is 1. The molecule has 6 nitrogen and oxygen atoms in total. The van der Waals surface area contributed by atoms with Crippen LogP contribution in [0.1, 0.15) is 12.1 Å². The van der Waals surface area contributed by atoms with Gasteiger partial charge >= 0.3 is 0 Å². The van der Waals surface area contributed by atoms with Crippen LogP contribution in [0.3, 0.4) is 0 Å². The molecule has 0 aromatic carbocycles. The van der Waals surface area contributed by atoms with Crippen LogP contribution in [-0.2, 0) is 16.1 Å². The van der Waals surface area contributed by atoms with Gasteiger partial charge in [0.2, 0.25) is 5.91 Å². The van der Waals surface area contributed by atoms with E-state index >= 15 is 0 Å². The van der Waals surface area contributed by atoms with Crippen molar-refractivity contribution < 1.29 is 9.53 Å². The van der Waals surface area contributed by atoms with Crippen molar-refractivity contribution in [1.29, 1.82) is 0 Å². The Morgan fingerprint density at radius 3 is 3.29 bits per heavy atom. The minimum atomic E-state index is -0.0193. The van der Waals surface area contributed by atoms with Gasteiger partial charge in [0.15, 0.2) is 0 Å². The van der Waals surface area contributed by atoms with Gasteiger partial charge < -0.3 is 15.4 Å². The summed E-state index contributed by atoms with van der Waals surface area (Å²) in [6.07, 6.45) is 3.49. The van der Waals surface area contributed by atoms with Gasteiger partial charge in [-0.25, -0.2) is 9.97 Å². The van der Waals surface area contributed by atoms with Gasteiger partial charge in [-0.3, -0.25) is 4.79 Å². The van der Waals surface area contributed by atoms with E-state index in [0.717, 1.165) is 18.8 Å². The van der Waals surface area contributed by atoms with Crippen molar-refractivity contribution in [2.45, 2.75) is 19.1 Å². The summed E-state index contributed by atoms with van der Waals surface area (Å²) in [6.45, 7) is 2.70. The van der Waals surface area contributed by atoms with E-state index in [2.05, 4.69) is 20.6 Å². The topological polar surface area (TPSA) is 76.1 Å². The highest BCUT2D eigenvalue weighted by Gasteiger charge is 2.16. The highest BCUT2D eigenvalue weighted by Crippen LogP contribution is 2.01.